The van der Waals surface area contributed by atoms with Gasteiger partial charge in [0.2, 0.25) is 5.91 Å². The number of hydrogen-bond donors (Lipinski definition) is 2. The first-order valence-corrected chi connectivity index (χ1v) is 7.24. The van der Waals surface area contributed by atoms with E-state index in [0.29, 0.717) is 12.5 Å². The lowest BCUT2D eigenvalue weighted by Gasteiger charge is -2.25. The van der Waals surface area contributed by atoms with Crippen molar-refractivity contribution in [2.24, 2.45) is 0 Å². The predicted octanol–water partition coefficient (Wildman–Crippen LogP) is 2.22. The Hall–Kier alpha value is -1.35. The Bertz CT molecular complexity index is 429. The van der Waals surface area contributed by atoms with E-state index in [4.69, 9.17) is 0 Å². The maximum Gasteiger partial charge on any atom is 0.234 e. The van der Waals surface area contributed by atoms with Gasteiger partial charge in [0.25, 0.3) is 0 Å². The topological polar surface area (TPSA) is 41.1 Å². The Labute approximate surface area is 115 Å². The number of hydrogen-bond acceptors (Lipinski definition) is 2. The standard InChI is InChI=1S/C16H24N2O/c1-12(2)18-16(19)11-17-10-14-8-5-7-13-6-3-4-9-15(13)14/h3-4,6,9,12,14,17H,5,7-8,10-11H2,1-2H3,(H,18,19). The van der Waals surface area contributed by atoms with Gasteiger partial charge in [-0.05, 0) is 50.2 Å². The second-order valence-corrected chi connectivity index (χ2v) is 5.64. The fraction of sp³-hybridized carbons (Fsp3) is 0.562. The largest absolute Gasteiger partial charge is 0.353 e. The van der Waals surface area contributed by atoms with Gasteiger partial charge in [0.15, 0.2) is 0 Å². The van der Waals surface area contributed by atoms with Crippen molar-refractivity contribution >= 4 is 5.91 Å². The van der Waals surface area contributed by atoms with E-state index in [2.05, 4.69) is 34.9 Å². The van der Waals surface area contributed by atoms with Gasteiger partial charge < -0.3 is 10.6 Å². The molecule has 1 aliphatic carbocycles. The molecule has 1 aromatic rings. The van der Waals surface area contributed by atoms with Crippen LogP contribution in [0.25, 0.3) is 0 Å². The van der Waals surface area contributed by atoms with Crippen LogP contribution in [0.3, 0.4) is 0 Å². The molecule has 0 spiro atoms. The van der Waals surface area contributed by atoms with Crippen molar-refractivity contribution in [3.63, 3.8) is 0 Å². The fourth-order valence-corrected chi connectivity index (χ4v) is 2.80. The molecule has 0 saturated carbocycles. The maximum atomic E-state index is 11.6. The predicted molar refractivity (Wildman–Crippen MR) is 78.3 cm³/mol. The van der Waals surface area contributed by atoms with Crippen LogP contribution in [-0.2, 0) is 11.2 Å². The number of carbonyl (C=O) groups is 1. The minimum absolute atomic E-state index is 0.0825. The fourth-order valence-electron chi connectivity index (χ4n) is 2.80. The van der Waals surface area contributed by atoms with E-state index >= 15 is 0 Å². The summed E-state index contributed by atoms with van der Waals surface area (Å²) in [4.78, 5) is 11.6. The van der Waals surface area contributed by atoms with Crippen LogP contribution in [-0.4, -0.2) is 25.0 Å². The molecule has 19 heavy (non-hydrogen) atoms. The third kappa shape index (κ3) is 4.06. The van der Waals surface area contributed by atoms with Crippen LogP contribution < -0.4 is 10.6 Å². The van der Waals surface area contributed by atoms with E-state index in [0.717, 1.165) is 6.54 Å². The van der Waals surface area contributed by atoms with Crippen LogP contribution in [0.4, 0.5) is 0 Å². The summed E-state index contributed by atoms with van der Waals surface area (Å²) in [6.45, 7) is 5.27. The zero-order valence-corrected chi connectivity index (χ0v) is 11.9. The number of benzene rings is 1. The van der Waals surface area contributed by atoms with Gasteiger partial charge in [-0.15, -0.1) is 0 Å². The average Bonchev–Trinajstić information content (AvgIpc) is 2.38. The summed E-state index contributed by atoms with van der Waals surface area (Å²) in [6.07, 6.45) is 3.66. The highest BCUT2D eigenvalue weighted by atomic mass is 16.1. The van der Waals surface area contributed by atoms with E-state index in [1.807, 2.05) is 13.8 Å². The summed E-state index contributed by atoms with van der Waals surface area (Å²) in [5.41, 5.74) is 2.94. The molecule has 1 atom stereocenters. The van der Waals surface area contributed by atoms with Crippen molar-refractivity contribution in [1.29, 1.82) is 0 Å². The quantitative estimate of drug-likeness (QED) is 0.852. The molecule has 0 bridgehead atoms. The van der Waals surface area contributed by atoms with Gasteiger partial charge in [0, 0.05) is 12.6 Å². The molecule has 3 heteroatoms. The molecule has 0 saturated heterocycles. The van der Waals surface area contributed by atoms with Gasteiger partial charge in [-0.1, -0.05) is 24.3 Å². The molecule has 0 radical (unpaired) electrons. The van der Waals surface area contributed by atoms with Gasteiger partial charge in [-0.25, -0.2) is 0 Å². The van der Waals surface area contributed by atoms with Crippen LogP contribution in [0.1, 0.15) is 43.7 Å². The van der Waals surface area contributed by atoms with Gasteiger partial charge in [0.1, 0.15) is 0 Å². The normalized spacial score (nSPS) is 18.2. The van der Waals surface area contributed by atoms with Crippen molar-refractivity contribution in [2.75, 3.05) is 13.1 Å². The van der Waals surface area contributed by atoms with Gasteiger partial charge in [-0.3, -0.25) is 4.79 Å². The van der Waals surface area contributed by atoms with E-state index in [1.165, 1.54) is 30.4 Å². The number of nitrogens with one attached hydrogen (secondary N) is 2. The summed E-state index contributed by atoms with van der Waals surface area (Å²) in [6, 6.07) is 8.90. The first-order valence-electron chi connectivity index (χ1n) is 7.24. The second kappa shape index (κ2) is 6.71. The van der Waals surface area contributed by atoms with Crippen LogP contribution in [0.5, 0.6) is 0 Å². The highest BCUT2D eigenvalue weighted by molar-refractivity contribution is 5.78. The zero-order valence-electron chi connectivity index (χ0n) is 11.9. The minimum atomic E-state index is 0.0825. The molecule has 3 nitrogen and oxygen atoms in total. The van der Waals surface area contributed by atoms with Crippen molar-refractivity contribution in [3.8, 4) is 0 Å². The Morgan fingerprint density at radius 3 is 2.95 bits per heavy atom. The molecule has 2 rings (SSSR count). The van der Waals surface area contributed by atoms with E-state index < -0.39 is 0 Å². The average molecular weight is 260 g/mol. The Balaban J connectivity index is 1.83. The molecule has 0 heterocycles. The molecule has 0 fully saturated rings. The molecule has 1 amide bonds. The molecular weight excluding hydrogens is 236 g/mol. The Morgan fingerprint density at radius 1 is 1.37 bits per heavy atom. The van der Waals surface area contributed by atoms with E-state index in [-0.39, 0.29) is 11.9 Å². The van der Waals surface area contributed by atoms with Crippen molar-refractivity contribution in [2.45, 2.75) is 45.1 Å². The van der Waals surface area contributed by atoms with Crippen molar-refractivity contribution in [3.05, 3.63) is 35.4 Å². The minimum Gasteiger partial charge on any atom is -0.353 e. The molecule has 104 valence electrons. The summed E-state index contributed by atoms with van der Waals surface area (Å²) >= 11 is 0. The van der Waals surface area contributed by atoms with E-state index in [9.17, 15) is 4.79 Å². The first kappa shape index (κ1) is 14.1. The lowest BCUT2D eigenvalue weighted by molar-refractivity contribution is -0.120. The molecule has 2 N–H and O–H groups in total. The van der Waals surface area contributed by atoms with Gasteiger partial charge in [-0.2, -0.15) is 0 Å². The van der Waals surface area contributed by atoms with Gasteiger partial charge >= 0.3 is 0 Å². The third-order valence-corrected chi connectivity index (χ3v) is 3.62. The summed E-state index contributed by atoms with van der Waals surface area (Å²) in [5.74, 6) is 0.635. The smallest absolute Gasteiger partial charge is 0.234 e. The number of fused-ring (bicyclic) bond motifs is 1. The molecule has 0 aliphatic heterocycles. The zero-order chi connectivity index (χ0) is 13.7. The number of carbonyl (C=O) groups excluding carboxylic acids is 1. The Morgan fingerprint density at radius 2 is 2.16 bits per heavy atom. The lowest BCUT2D eigenvalue weighted by Crippen LogP contribution is -2.39. The van der Waals surface area contributed by atoms with Crippen LogP contribution in [0.2, 0.25) is 0 Å². The lowest BCUT2D eigenvalue weighted by atomic mass is 9.83. The van der Waals surface area contributed by atoms with Gasteiger partial charge in [0.05, 0.1) is 6.54 Å². The van der Waals surface area contributed by atoms with Crippen molar-refractivity contribution in [1.82, 2.24) is 10.6 Å². The second-order valence-electron chi connectivity index (χ2n) is 5.64. The number of aryl methyl sites for hydroxylation is 1. The Kier molecular flexibility index (Phi) is 4.97. The molecule has 1 aromatic carbocycles. The van der Waals surface area contributed by atoms with Crippen LogP contribution in [0.15, 0.2) is 24.3 Å². The molecule has 1 unspecified atom stereocenters. The number of amides is 1. The first-order chi connectivity index (χ1) is 9.16. The number of rotatable bonds is 5. The molecular formula is C16H24N2O. The maximum absolute atomic E-state index is 11.6. The highest BCUT2D eigenvalue weighted by Crippen LogP contribution is 2.30. The van der Waals surface area contributed by atoms with Crippen molar-refractivity contribution < 1.29 is 4.79 Å². The highest BCUT2D eigenvalue weighted by Gasteiger charge is 2.19. The summed E-state index contributed by atoms with van der Waals surface area (Å²) in [5, 5.41) is 6.19. The third-order valence-electron chi connectivity index (χ3n) is 3.62. The molecule has 1 aliphatic rings. The van der Waals surface area contributed by atoms with E-state index in [1.54, 1.807) is 0 Å². The summed E-state index contributed by atoms with van der Waals surface area (Å²) < 4.78 is 0. The summed E-state index contributed by atoms with van der Waals surface area (Å²) in [7, 11) is 0. The molecule has 0 aromatic heterocycles. The SMILES string of the molecule is CC(C)NC(=O)CNCC1CCCc2ccccc21. The van der Waals surface area contributed by atoms with Crippen LogP contribution in [0, 0.1) is 0 Å². The van der Waals surface area contributed by atoms with Crippen LogP contribution >= 0.6 is 0 Å². The monoisotopic (exact) mass is 260 g/mol.